The van der Waals surface area contributed by atoms with Gasteiger partial charge in [-0.25, -0.2) is 4.98 Å². The average Bonchev–Trinajstić information content (AvgIpc) is 3.28. The smallest absolute Gasteiger partial charge is 0.219 e. The third kappa shape index (κ3) is 6.32. The Kier molecular flexibility index (Phi) is 7.57. The normalized spacial score (nSPS) is 14.3. The van der Waals surface area contributed by atoms with Gasteiger partial charge in [-0.15, -0.1) is 11.3 Å². The van der Waals surface area contributed by atoms with Crippen LogP contribution < -0.4 is 9.64 Å². The molecule has 4 heterocycles. The Morgan fingerprint density at radius 1 is 1.16 bits per heavy atom. The molecule has 7 nitrogen and oxygen atoms in total. The first-order valence-corrected chi connectivity index (χ1v) is 11.4. The summed E-state index contributed by atoms with van der Waals surface area (Å²) in [6, 6.07) is 12.1. The summed E-state index contributed by atoms with van der Waals surface area (Å²) in [6.07, 6.45) is 5.31. The summed E-state index contributed by atoms with van der Waals surface area (Å²) >= 11 is 1.80. The van der Waals surface area contributed by atoms with Gasteiger partial charge in [0.05, 0.1) is 32.6 Å². The fourth-order valence-electron chi connectivity index (χ4n) is 3.24. The molecule has 0 unspecified atom stereocenters. The van der Waals surface area contributed by atoms with Gasteiger partial charge < -0.3 is 14.4 Å². The van der Waals surface area contributed by atoms with Crippen LogP contribution in [0.5, 0.6) is 5.88 Å². The van der Waals surface area contributed by atoms with E-state index in [-0.39, 0.29) is 0 Å². The van der Waals surface area contributed by atoms with E-state index in [1.807, 2.05) is 24.3 Å². The van der Waals surface area contributed by atoms with Crippen LogP contribution in [0.3, 0.4) is 0 Å². The molecule has 0 atom stereocenters. The van der Waals surface area contributed by atoms with Crippen LogP contribution in [0, 0.1) is 0 Å². The van der Waals surface area contributed by atoms with E-state index >= 15 is 0 Å². The van der Waals surface area contributed by atoms with E-state index in [0.717, 1.165) is 37.4 Å². The minimum Gasteiger partial charge on any atom is -0.477 e. The van der Waals surface area contributed by atoms with Gasteiger partial charge in [0.15, 0.2) is 5.82 Å². The second-order valence-corrected chi connectivity index (χ2v) is 8.39. The largest absolute Gasteiger partial charge is 0.477 e. The molecule has 4 rings (SSSR count). The quantitative estimate of drug-likeness (QED) is 0.477. The highest BCUT2D eigenvalue weighted by molar-refractivity contribution is 7.11. The molecule has 1 saturated heterocycles. The van der Waals surface area contributed by atoms with Gasteiger partial charge in [-0.3, -0.25) is 9.98 Å². The molecular formula is C23H27N5O2S. The standard InChI is InChI=1S/C23H27N5O2S/c1-2-19-6-7-20(31-19)16-24-17-21-26-22(28-10-13-29-14-11-28)15-23(27-21)30-12-8-18-5-3-4-9-25-18/h3-7,9,15,17H,2,8,10-14,16H2,1H3. The lowest BCUT2D eigenvalue weighted by Gasteiger charge is -2.28. The maximum Gasteiger partial charge on any atom is 0.219 e. The van der Waals surface area contributed by atoms with E-state index in [9.17, 15) is 0 Å². The summed E-state index contributed by atoms with van der Waals surface area (Å²) in [6.45, 7) is 6.29. The number of thiophene rings is 1. The van der Waals surface area contributed by atoms with Crippen LogP contribution in [0.1, 0.15) is 28.2 Å². The molecule has 1 fully saturated rings. The van der Waals surface area contributed by atoms with Crippen molar-refractivity contribution in [2.75, 3.05) is 37.8 Å². The number of rotatable bonds is 9. The van der Waals surface area contributed by atoms with Gasteiger partial charge in [0.2, 0.25) is 5.88 Å². The van der Waals surface area contributed by atoms with E-state index in [1.54, 1.807) is 23.7 Å². The number of anilines is 1. The first-order valence-electron chi connectivity index (χ1n) is 10.6. The second-order valence-electron chi connectivity index (χ2n) is 7.13. The van der Waals surface area contributed by atoms with E-state index < -0.39 is 0 Å². The topological polar surface area (TPSA) is 72.7 Å². The lowest BCUT2D eigenvalue weighted by atomic mass is 10.3. The summed E-state index contributed by atoms with van der Waals surface area (Å²) in [5.74, 6) is 1.96. The number of hydrogen-bond donors (Lipinski definition) is 0. The second kappa shape index (κ2) is 11.0. The molecule has 3 aromatic heterocycles. The number of pyridine rings is 1. The number of aliphatic imine (C=N–C) groups is 1. The van der Waals surface area contributed by atoms with Crippen molar-refractivity contribution in [1.82, 2.24) is 15.0 Å². The summed E-state index contributed by atoms with van der Waals surface area (Å²) in [5, 5.41) is 0. The van der Waals surface area contributed by atoms with E-state index in [2.05, 4.69) is 38.9 Å². The van der Waals surface area contributed by atoms with Crippen molar-refractivity contribution in [3.05, 3.63) is 63.9 Å². The number of morpholine rings is 1. The third-order valence-electron chi connectivity index (χ3n) is 4.90. The zero-order valence-electron chi connectivity index (χ0n) is 17.7. The molecule has 0 aliphatic carbocycles. The van der Waals surface area contributed by atoms with Gasteiger partial charge in [0.1, 0.15) is 5.82 Å². The third-order valence-corrected chi connectivity index (χ3v) is 6.11. The van der Waals surface area contributed by atoms with Gasteiger partial charge >= 0.3 is 0 Å². The Bertz CT molecular complexity index is 987. The predicted molar refractivity (Wildman–Crippen MR) is 123 cm³/mol. The fraction of sp³-hybridized carbons (Fsp3) is 0.391. The number of ether oxygens (including phenoxy) is 2. The van der Waals surface area contributed by atoms with Crippen molar-refractivity contribution in [3.63, 3.8) is 0 Å². The highest BCUT2D eigenvalue weighted by atomic mass is 32.1. The minimum atomic E-state index is 0.502. The highest BCUT2D eigenvalue weighted by Crippen LogP contribution is 2.20. The van der Waals surface area contributed by atoms with Crippen molar-refractivity contribution >= 4 is 23.4 Å². The molecule has 0 N–H and O–H groups in total. The van der Waals surface area contributed by atoms with E-state index in [0.29, 0.717) is 38.1 Å². The number of aromatic nitrogens is 3. The van der Waals surface area contributed by atoms with Crippen LogP contribution in [0.25, 0.3) is 0 Å². The van der Waals surface area contributed by atoms with Gasteiger partial charge in [-0.05, 0) is 30.7 Å². The molecule has 0 bridgehead atoms. The molecule has 162 valence electrons. The van der Waals surface area contributed by atoms with Gasteiger partial charge in [0.25, 0.3) is 0 Å². The summed E-state index contributed by atoms with van der Waals surface area (Å²) < 4.78 is 11.4. The highest BCUT2D eigenvalue weighted by Gasteiger charge is 2.15. The lowest BCUT2D eigenvalue weighted by Crippen LogP contribution is -2.37. The predicted octanol–water partition coefficient (Wildman–Crippen LogP) is 3.57. The first kappa shape index (κ1) is 21.4. The Morgan fingerprint density at radius 3 is 2.81 bits per heavy atom. The Balaban J connectivity index is 1.46. The zero-order valence-corrected chi connectivity index (χ0v) is 18.6. The minimum absolute atomic E-state index is 0.502. The Hall–Kier alpha value is -2.84. The van der Waals surface area contributed by atoms with Crippen LogP contribution in [-0.2, 0) is 24.1 Å². The van der Waals surface area contributed by atoms with Crippen molar-refractivity contribution in [2.45, 2.75) is 26.3 Å². The molecule has 0 radical (unpaired) electrons. The molecule has 0 aromatic carbocycles. The Labute approximate surface area is 186 Å². The zero-order chi connectivity index (χ0) is 21.3. The molecule has 3 aromatic rings. The van der Waals surface area contributed by atoms with Gasteiger partial charge in [-0.1, -0.05) is 13.0 Å². The molecule has 0 spiro atoms. The fourth-order valence-corrected chi connectivity index (χ4v) is 4.13. The van der Waals surface area contributed by atoms with Crippen molar-refractivity contribution in [2.24, 2.45) is 4.99 Å². The Morgan fingerprint density at radius 2 is 2.03 bits per heavy atom. The van der Waals surface area contributed by atoms with Crippen LogP contribution in [-0.4, -0.2) is 54.1 Å². The SMILES string of the molecule is CCc1ccc(CN=Cc2nc(OCCc3ccccn3)cc(N3CCOCC3)n2)s1. The maximum absolute atomic E-state index is 5.96. The monoisotopic (exact) mass is 437 g/mol. The molecule has 0 saturated carbocycles. The molecule has 31 heavy (non-hydrogen) atoms. The van der Waals surface area contributed by atoms with Crippen LogP contribution >= 0.6 is 11.3 Å². The van der Waals surface area contributed by atoms with Crippen molar-refractivity contribution in [1.29, 1.82) is 0 Å². The van der Waals surface area contributed by atoms with Crippen molar-refractivity contribution in [3.8, 4) is 5.88 Å². The van der Waals surface area contributed by atoms with Gasteiger partial charge in [0, 0.05) is 47.2 Å². The van der Waals surface area contributed by atoms with Crippen LogP contribution in [0.4, 0.5) is 5.82 Å². The average molecular weight is 438 g/mol. The summed E-state index contributed by atoms with van der Waals surface area (Å²) in [4.78, 5) is 23.0. The molecule has 1 aliphatic rings. The summed E-state index contributed by atoms with van der Waals surface area (Å²) in [7, 11) is 0. The number of hydrogen-bond acceptors (Lipinski definition) is 8. The molecule has 1 aliphatic heterocycles. The van der Waals surface area contributed by atoms with Gasteiger partial charge in [-0.2, -0.15) is 4.98 Å². The van der Waals surface area contributed by atoms with Crippen molar-refractivity contribution < 1.29 is 9.47 Å². The van der Waals surface area contributed by atoms with E-state index in [4.69, 9.17) is 14.5 Å². The molecular weight excluding hydrogens is 410 g/mol. The number of nitrogens with zero attached hydrogens (tertiary/aromatic N) is 5. The first-order chi connectivity index (χ1) is 15.3. The molecule has 0 amide bonds. The summed E-state index contributed by atoms with van der Waals surface area (Å²) in [5.41, 5.74) is 0.995. The number of aryl methyl sites for hydroxylation is 1. The van der Waals surface area contributed by atoms with Crippen LogP contribution in [0.15, 0.2) is 47.6 Å². The molecule has 8 heteroatoms. The van der Waals surface area contributed by atoms with Crippen LogP contribution in [0.2, 0.25) is 0 Å². The van der Waals surface area contributed by atoms with E-state index in [1.165, 1.54) is 9.75 Å². The maximum atomic E-state index is 5.96. The lowest BCUT2D eigenvalue weighted by molar-refractivity contribution is 0.122.